The summed E-state index contributed by atoms with van der Waals surface area (Å²) in [5.74, 6) is -0.328. The number of nitrogens with zero attached hydrogens (tertiary/aromatic N) is 4. The number of nitrogens with one attached hydrogen (secondary N) is 1. The van der Waals surface area contributed by atoms with Gasteiger partial charge in [0.25, 0.3) is 5.22 Å². The van der Waals surface area contributed by atoms with E-state index in [4.69, 9.17) is 9.15 Å². The lowest BCUT2D eigenvalue weighted by Crippen LogP contribution is -2.13. The molecule has 0 saturated heterocycles. The molecular formula is C16H15N5O4S2. The zero-order valence-electron chi connectivity index (χ0n) is 14.5. The minimum atomic E-state index is -0.447. The summed E-state index contributed by atoms with van der Waals surface area (Å²) in [6, 6.07) is 3.50. The van der Waals surface area contributed by atoms with Crippen molar-refractivity contribution in [2.75, 3.05) is 17.7 Å². The number of hydrogen-bond acceptors (Lipinski definition) is 10. The Hall–Kier alpha value is -2.79. The number of thioether (sulfide) groups is 1. The summed E-state index contributed by atoms with van der Waals surface area (Å²) in [6.07, 6.45) is 3.25. The molecule has 0 fully saturated rings. The molecule has 0 saturated carbocycles. The van der Waals surface area contributed by atoms with Crippen molar-refractivity contribution in [2.24, 2.45) is 0 Å². The third-order valence-electron chi connectivity index (χ3n) is 3.16. The Labute approximate surface area is 162 Å². The molecule has 0 bridgehead atoms. The van der Waals surface area contributed by atoms with Crippen LogP contribution >= 0.6 is 23.1 Å². The molecule has 3 heterocycles. The van der Waals surface area contributed by atoms with Crippen LogP contribution in [-0.2, 0) is 9.53 Å². The number of carbonyl (C=O) groups is 2. The number of anilines is 1. The van der Waals surface area contributed by atoms with E-state index in [2.05, 4.69) is 25.5 Å². The summed E-state index contributed by atoms with van der Waals surface area (Å²) in [6.45, 7) is 3.69. The van der Waals surface area contributed by atoms with Crippen molar-refractivity contribution < 1.29 is 18.7 Å². The monoisotopic (exact) mass is 405 g/mol. The lowest BCUT2D eigenvalue weighted by Gasteiger charge is -1.99. The zero-order valence-corrected chi connectivity index (χ0v) is 16.1. The summed E-state index contributed by atoms with van der Waals surface area (Å²) in [5, 5.41) is 11.1. The third kappa shape index (κ3) is 4.89. The number of ether oxygens (including phenoxy) is 1. The molecule has 0 aliphatic heterocycles. The Morgan fingerprint density at radius 3 is 2.81 bits per heavy atom. The number of hydrogen-bond donors (Lipinski definition) is 1. The van der Waals surface area contributed by atoms with Crippen LogP contribution in [0, 0.1) is 6.92 Å². The number of aromatic nitrogens is 4. The molecule has 0 aromatic carbocycles. The maximum atomic E-state index is 12.1. The molecule has 140 valence electrons. The van der Waals surface area contributed by atoms with E-state index in [1.165, 1.54) is 0 Å². The highest BCUT2D eigenvalue weighted by Gasteiger charge is 2.18. The van der Waals surface area contributed by atoms with E-state index in [0.717, 1.165) is 28.7 Å². The highest BCUT2D eigenvalue weighted by Crippen LogP contribution is 2.25. The average molecular weight is 405 g/mol. The first-order valence-electron chi connectivity index (χ1n) is 7.88. The fourth-order valence-corrected chi connectivity index (χ4v) is 3.44. The Morgan fingerprint density at radius 1 is 1.30 bits per heavy atom. The van der Waals surface area contributed by atoms with Crippen molar-refractivity contribution in [1.29, 1.82) is 0 Å². The third-order valence-corrected chi connectivity index (χ3v) is 5.04. The van der Waals surface area contributed by atoms with Gasteiger partial charge in [-0.15, -0.1) is 10.2 Å². The largest absolute Gasteiger partial charge is 0.462 e. The van der Waals surface area contributed by atoms with Gasteiger partial charge in [0.05, 0.1) is 18.1 Å². The Balaban J connectivity index is 1.55. The fraction of sp³-hybridized carbons (Fsp3) is 0.250. The van der Waals surface area contributed by atoms with Crippen molar-refractivity contribution in [3.05, 3.63) is 35.1 Å². The maximum Gasteiger partial charge on any atom is 0.350 e. The lowest BCUT2D eigenvalue weighted by molar-refractivity contribution is -0.113. The van der Waals surface area contributed by atoms with E-state index in [-0.39, 0.29) is 23.5 Å². The van der Waals surface area contributed by atoms with Crippen LogP contribution in [-0.4, -0.2) is 44.4 Å². The number of pyridine rings is 1. The van der Waals surface area contributed by atoms with Gasteiger partial charge in [-0.1, -0.05) is 23.1 Å². The van der Waals surface area contributed by atoms with Crippen molar-refractivity contribution in [3.8, 4) is 11.5 Å². The topological polar surface area (TPSA) is 120 Å². The number of rotatable bonds is 7. The second-order valence-electron chi connectivity index (χ2n) is 5.10. The molecule has 0 unspecified atom stereocenters. The first kappa shape index (κ1) is 19.0. The van der Waals surface area contributed by atoms with Crippen molar-refractivity contribution in [3.63, 3.8) is 0 Å². The van der Waals surface area contributed by atoms with Crippen LogP contribution in [0.1, 0.15) is 22.3 Å². The van der Waals surface area contributed by atoms with Gasteiger partial charge in [-0.2, -0.15) is 0 Å². The summed E-state index contributed by atoms with van der Waals surface area (Å²) >= 11 is 2.18. The second-order valence-corrected chi connectivity index (χ2v) is 7.03. The first-order valence-corrected chi connectivity index (χ1v) is 9.68. The van der Waals surface area contributed by atoms with Gasteiger partial charge in [0.2, 0.25) is 11.8 Å². The molecule has 0 spiro atoms. The van der Waals surface area contributed by atoms with Crippen LogP contribution in [0.2, 0.25) is 0 Å². The van der Waals surface area contributed by atoms with E-state index < -0.39 is 5.97 Å². The normalized spacial score (nSPS) is 10.6. The standard InChI is InChI=1S/C16H15N5O4S2/c1-3-24-14(23)12-9(2)18-15(27-12)19-11(22)8-26-16-21-20-13(25-16)10-4-6-17-7-5-10/h4-7H,3,8H2,1-2H3,(H,18,19,22). The Bertz CT molecular complexity index is 941. The number of aryl methyl sites for hydroxylation is 1. The minimum Gasteiger partial charge on any atom is -0.462 e. The van der Waals surface area contributed by atoms with E-state index in [1.54, 1.807) is 38.4 Å². The van der Waals surface area contributed by atoms with Crippen molar-refractivity contribution in [1.82, 2.24) is 20.2 Å². The quantitative estimate of drug-likeness (QED) is 0.467. The van der Waals surface area contributed by atoms with Crippen LogP contribution in [0.15, 0.2) is 34.2 Å². The molecule has 3 rings (SSSR count). The van der Waals surface area contributed by atoms with Gasteiger partial charge >= 0.3 is 5.97 Å². The average Bonchev–Trinajstić information content (AvgIpc) is 3.28. The predicted octanol–water partition coefficient (Wildman–Crippen LogP) is 2.80. The van der Waals surface area contributed by atoms with Crippen LogP contribution in [0.25, 0.3) is 11.5 Å². The summed E-state index contributed by atoms with van der Waals surface area (Å²) in [4.78, 5) is 32.4. The predicted molar refractivity (Wildman–Crippen MR) is 99.7 cm³/mol. The maximum absolute atomic E-state index is 12.1. The number of amides is 1. The van der Waals surface area contributed by atoms with E-state index in [0.29, 0.717) is 21.6 Å². The molecule has 0 aliphatic rings. The SMILES string of the molecule is CCOC(=O)c1sc(NC(=O)CSc2nnc(-c3ccncc3)o2)nc1C. The molecular weight excluding hydrogens is 390 g/mol. The fourth-order valence-electron chi connectivity index (χ4n) is 2.00. The van der Waals surface area contributed by atoms with Crippen LogP contribution < -0.4 is 5.32 Å². The van der Waals surface area contributed by atoms with Crippen molar-refractivity contribution >= 4 is 40.1 Å². The molecule has 27 heavy (non-hydrogen) atoms. The smallest absolute Gasteiger partial charge is 0.350 e. The first-order chi connectivity index (χ1) is 13.1. The second kappa shape index (κ2) is 8.73. The molecule has 0 atom stereocenters. The highest BCUT2D eigenvalue weighted by atomic mass is 32.2. The van der Waals surface area contributed by atoms with Crippen molar-refractivity contribution in [2.45, 2.75) is 19.1 Å². The van der Waals surface area contributed by atoms with E-state index in [1.807, 2.05) is 0 Å². The molecule has 9 nitrogen and oxygen atoms in total. The molecule has 3 aromatic heterocycles. The molecule has 0 aliphatic carbocycles. The van der Waals surface area contributed by atoms with Crippen LogP contribution in [0.3, 0.4) is 0 Å². The van der Waals surface area contributed by atoms with Gasteiger partial charge in [-0.05, 0) is 26.0 Å². The molecule has 11 heteroatoms. The van der Waals surface area contributed by atoms with E-state index >= 15 is 0 Å². The van der Waals surface area contributed by atoms with Gasteiger partial charge < -0.3 is 14.5 Å². The summed E-state index contributed by atoms with van der Waals surface area (Å²) in [7, 11) is 0. The molecule has 1 N–H and O–H groups in total. The summed E-state index contributed by atoms with van der Waals surface area (Å²) < 4.78 is 10.5. The molecule has 3 aromatic rings. The van der Waals surface area contributed by atoms with Crippen LogP contribution in [0.4, 0.5) is 5.13 Å². The van der Waals surface area contributed by atoms with Crippen LogP contribution in [0.5, 0.6) is 0 Å². The summed E-state index contributed by atoms with van der Waals surface area (Å²) in [5.41, 5.74) is 1.26. The zero-order chi connectivity index (χ0) is 19.2. The minimum absolute atomic E-state index is 0.0609. The highest BCUT2D eigenvalue weighted by molar-refractivity contribution is 7.99. The van der Waals surface area contributed by atoms with E-state index in [9.17, 15) is 9.59 Å². The van der Waals surface area contributed by atoms with Gasteiger partial charge in [-0.3, -0.25) is 9.78 Å². The number of esters is 1. The number of thiazole rings is 1. The molecule has 1 amide bonds. The van der Waals surface area contributed by atoms with Gasteiger partial charge in [-0.25, -0.2) is 9.78 Å². The molecule has 0 radical (unpaired) electrons. The van der Waals surface area contributed by atoms with Gasteiger partial charge in [0.15, 0.2) is 5.13 Å². The Kier molecular flexibility index (Phi) is 6.14. The lowest BCUT2D eigenvalue weighted by atomic mass is 10.3. The van der Waals surface area contributed by atoms with Gasteiger partial charge in [0.1, 0.15) is 4.88 Å². The Morgan fingerprint density at radius 2 is 2.07 bits per heavy atom. The van der Waals surface area contributed by atoms with Gasteiger partial charge in [0, 0.05) is 18.0 Å². The number of carbonyl (C=O) groups excluding carboxylic acids is 2.